The van der Waals surface area contributed by atoms with Crippen molar-refractivity contribution in [1.29, 1.82) is 0 Å². The first kappa shape index (κ1) is 12.1. The average Bonchev–Trinajstić information content (AvgIpc) is 3.06. The smallest absolute Gasteiger partial charge is 0.270 e. The number of amides is 1. The molecule has 4 nitrogen and oxygen atoms in total. The molecule has 0 atom stereocenters. The van der Waals surface area contributed by atoms with Crippen LogP contribution in [-0.2, 0) is 7.05 Å². The van der Waals surface area contributed by atoms with Crippen LogP contribution >= 0.6 is 0 Å². The predicted molar refractivity (Wildman–Crippen MR) is 74.6 cm³/mol. The first-order valence-corrected chi connectivity index (χ1v) is 6.64. The topological polar surface area (TPSA) is 34.5 Å². The van der Waals surface area contributed by atoms with E-state index >= 15 is 0 Å². The maximum absolute atomic E-state index is 12.5. The summed E-state index contributed by atoms with van der Waals surface area (Å²) in [7, 11) is 3.59. The van der Waals surface area contributed by atoms with Crippen LogP contribution in [0.2, 0.25) is 0 Å². The van der Waals surface area contributed by atoms with Gasteiger partial charge in [0.05, 0.1) is 12.6 Å². The summed E-state index contributed by atoms with van der Waals surface area (Å²) in [6.45, 7) is 1.75. The summed E-state index contributed by atoms with van der Waals surface area (Å²) in [6, 6.07) is 7.82. The molecule has 1 aliphatic heterocycles. The maximum atomic E-state index is 12.5. The molecule has 0 bridgehead atoms. The zero-order chi connectivity index (χ0) is 13.4. The van der Waals surface area contributed by atoms with Crippen molar-refractivity contribution < 1.29 is 9.53 Å². The second kappa shape index (κ2) is 4.61. The van der Waals surface area contributed by atoms with Crippen molar-refractivity contribution in [2.45, 2.75) is 12.8 Å². The van der Waals surface area contributed by atoms with E-state index in [1.165, 1.54) is 0 Å². The Kier molecular flexibility index (Phi) is 2.93. The van der Waals surface area contributed by atoms with Gasteiger partial charge < -0.3 is 14.2 Å². The maximum Gasteiger partial charge on any atom is 0.270 e. The lowest BCUT2D eigenvalue weighted by atomic mass is 10.2. The Balaban J connectivity index is 2.09. The first-order valence-electron chi connectivity index (χ1n) is 6.64. The van der Waals surface area contributed by atoms with Gasteiger partial charge in [-0.15, -0.1) is 0 Å². The summed E-state index contributed by atoms with van der Waals surface area (Å²) in [6.07, 6.45) is 2.22. The first-order chi connectivity index (χ1) is 9.22. The third-order valence-corrected chi connectivity index (χ3v) is 3.88. The quantitative estimate of drug-likeness (QED) is 0.829. The van der Waals surface area contributed by atoms with E-state index in [0.717, 1.165) is 48.3 Å². The van der Waals surface area contributed by atoms with E-state index in [-0.39, 0.29) is 5.91 Å². The Morgan fingerprint density at radius 3 is 2.68 bits per heavy atom. The van der Waals surface area contributed by atoms with Crippen molar-refractivity contribution in [3.8, 4) is 5.75 Å². The van der Waals surface area contributed by atoms with Gasteiger partial charge in [0.25, 0.3) is 5.91 Å². The minimum Gasteiger partial charge on any atom is -0.496 e. The number of ether oxygens (including phenoxy) is 1. The van der Waals surface area contributed by atoms with Crippen LogP contribution in [0.5, 0.6) is 5.75 Å². The molecule has 1 amide bonds. The number of methoxy groups -OCH3 is 1. The van der Waals surface area contributed by atoms with Crippen LogP contribution in [0.3, 0.4) is 0 Å². The second-order valence-corrected chi connectivity index (χ2v) is 4.98. The molecule has 0 N–H and O–H groups in total. The summed E-state index contributed by atoms with van der Waals surface area (Å²) in [5.74, 6) is 0.937. The molecule has 2 heterocycles. The van der Waals surface area contributed by atoms with Crippen molar-refractivity contribution >= 4 is 16.8 Å². The number of aryl methyl sites for hydroxylation is 1. The van der Waals surface area contributed by atoms with Gasteiger partial charge in [-0.3, -0.25) is 4.79 Å². The number of hydrogen-bond acceptors (Lipinski definition) is 2. The number of carbonyl (C=O) groups excluding carboxylic acids is 1. The van der Waals surface area contributed by atoms with Crippen LogP contribution in [-0.4, -0.2) is 35.6 Å². The van der Waals surface area contributed by atoms with Crippen molar-refractivity contribution in [2.24, 2.45) is 7.05 Å². The molecule has 0 unspecified atom stereocenters. The highest BCUT2D eigenvalue weighted by atomic mass is 16.5. The SMILES string of the molecule is COc1cccc2c1cc(C(=O)N1CCCC1)n2C. The van der Waals surface area contributed by atoms with Gasteiger partial charge >= 0.3 is 0 Å². The number of nitrogens with zero attached hydrogens (tertiary/aromatic N) is 2. The van der Waals surface area contributed by atoms with E-state index in [9.17, 15) is 4.79 Å². The zero-order valence-electron chi connectivity index (χ0n) is 11.3. The van der Waals surface area contributed by atoms with E-state index in [1.54, 1.807) is 7.11 Å². The van der Waals surface area contributed by atoms with Gasteiger partial charge in [0, 0.05) is 25.5 Å². The average molecular weight is 258 g/mol. The minimum atomic E-state index is 0.123. The zero-order valence-corrected chi connectivity index (χ0v) is 11.3. The molecular formula is C15H18N2O2. The molecule has 19 heavy (non-hydrogen) atoms. The Morgan fingerprint density at radius 1 is 1.26 bits per heavy atom. The molecule has 0 saturated carbocycles. The third-order valence-electron chi connectivity index (χ3n) is 3.88. The fraction of sp³-hybridized carbons (Fsp3) is 0.400. The third kappa shape index (κ3) is 1.87. The molecule has 0 spiro atoms. The van der Waals surface area contributed by atoms with Crippen LogP contribution in [0.1, 0.15) is 23.3 Å². The van der Waals surface area contributed by atoms with E-state index in [4.69, 9.17) is 4.74 Å². The lowest BCUT2D eigenvalue weighted by molar-refractivity contribution is 0.0784. The molecule has 3 rings (SSSR count). The van der Waals surface area contributed by atoms with Crippen molar-refractivity contribution in [3.05, 3.63) is 30.0 Å². The highest BCUT2D eigenvalue weighted by Gasteiger charge is 2.23. The highest BCUT2D eigenvalue weighted by molar-refractivity contribution is 6.00. The number of benzene rings is 1. The number of fused-ring (bicyclic) bond motifs is 1. The molecule has 2 aromatic rings. The molecule has 1 fully saturated rings. The highest BCUT2D eigenvalue weighted by Crippen LogP contribution is 2.29. The summed E-state index contributed by atoms with van der Waals surface area (Å²) >= 11 is 0. The van der Waals surface area contributed by atoms with Crippen LogP contribution < -0.4 is 4.74 Å². The fourth-order valence-corrected chi connectivity index (χ4v) is 2.80. The molecular weight excluding hydrogens is 240 g/mol. The molecule has 1 aromatic heterocycles. The predicted octanol–water partition coefficient (Wildman–Crippen LogP) is 2.42. The summed E-state index contributed by atoms with van der Waals surface area (Å²) < 4.78 is 7.32. The van der Waals surface area contributed by atoms with Crippen molar-refractivity contribution in [2.75, 3.05) is 20.2 Å². The Labute approximate surface area is 112 Å². The number of carbonyl (C=O) groups is 1. The number of aromatic nitrogens is 1. The Hall–Kier alpha value is -1.97. The molecule has 0 radical (unpaired) electrons. The standard InChI is InChI=1S/C15H18N2O2/c1-16-12-6-5-7-14(19-2)11(12)10-13(16)15(18)17-8-3-4-9-17/h5-7,10H,3-4,8-9H2,1-2H3. The molecule has 100 valence electrons. The van der Waals surface area contributed by atoms with Gasteiger partial charge in [-0.1, -0.05) is 6.07 Å². The molecule has 1 aromatic carbocycles. The summed E-state index contributed by atoms with van der Waals surface area (Å²) in [5, 5.41) is 0.995. The monoisotopic (exact) mass is 258 g/mol. The van der Waals surface area contributed by atoms with Gasteiger partial charge in [0.15, 0.2) is 0 Å². The lowest BCUT2D eigenvalue weighted by Crippen LogP contribution is -2.29. The summed E-state index contributed by atoms with van der Waals surface area (Å²) in [5.41, 5.74) is 1.77. The molecule has 1 aliphatic rings. The van der Waals surface area contributed by atoms with Crippen molar-refractivity contribution in [1.82, 2.24) is 9.47 Å². The number of likely N-dealkylation sites (tertiary alicyclic amines) is 1. The van der Waals surface area contributed by atoms with E-state index in [1.807, 2.05) is 40.8 Å². The van der Waals surface area contributed by atoms with E-state index in [2.05, 4.69) is 0 Å². The normalized spacial score (nSPS) is 15.2. The Morgan fingerprint density at radius 2 is 2.00 bits per heavy atom. The van der Waals surface area contributed by atoms with Gasteiger partial charge in [0.2, 0.25) is 0 Å². The largest absolute Gasteiger partial charge is 0.496 e. The fourth-order valence-electron chi connectivity index (χ4n) is 2.80. The minimum absolute atomic E-state index is 0.123. The van der Waals surface area contributed by atoms with Gasteiger partial charge in [0.1, 0.15) is 11.4 Å². The summed E-state index contributed by atoms with van der Waals surface area (Å²) in [4.78, 5) is 14.4. The van der Waals surface area contributed by atoms with Crippen LogP contribution in [0.25, 0.3) is 10.9 Å². The lowest BCUT2D eigenvalue weighted by Gasteiger charge is -2.15. The van der Waals surface area contributed by atoms with Gasteiger partial charge in [-0.25, -0.2) is 0 Å². The molecule has 4 heteroatoms. The van der Waals surface area contributed by atoms with Crippen molar-refractivity contribution in [3.63, 3.8) is 0 Å². The van der Waals surface area contributed by atoms with Crippen LogP contribution in [0, 0.1) is 0 Å². The van der Waals surface area contributed by atoms with Gasteiger partial charge in [-0.05, 0) is 31.0 Å². The second-order valence-electron chi connectivity index (χ2n) is 4.98. The van der Waals surface area contributed by atoms with Crippen LogP contribution in [0.4, 0.5) is 0 Å². The van der Waals surface area contributed by atoms with E-state index < -0.39 is 0 Å². The molecule has 1 saturated heterocycles. The van der Waals surface area contributed by atoms with E-state index in [0.29, 0.717) is 0 Å². The van der Waals surface area contributed by atoms with Gasteiger partial charge in [-0.2, -0.15) is 0 Å². The molecule has 0 aliphatic carbocycles. The number of hydrogen-bond donors (Lipinski definition) is 0. The number of rotatable bonds is 2. The Bertz CT molecular complexity index is 624. The van der Waals surface area contributed by atoms with Crippen LogP contribution in [0.15, 0.2) is 24.3 Å².